The Morgan fingerprint density at radius 1 is 1.46 bits per heavy atom. The number of rotatable bonds is 3. The quantitative estimate of drug-likeness (QED) is 0.416. The molecule has 0 fully saturated rings. The fraction of sp³-hybridized carbons (Fsp3) is 0.200. The fourth-order valence-electron chi connectivity index (χ4n) is 1.09. The van der Waals surface area contributed by atoms with E-state index in [0.717, 1.165) is 5.56 Å². The van der Waals surface area contributed by atoms with Gasteiger partial charge in [0, 0.05) is 6.42 Å². The smallest absolute Gasteiger partial charge is 0.123 e. The van der Waals surface area contributed by atoms with Crippen molar-refractivity contribution in [3.05, 3.63) is 35.6 Å². The Bertz CT molecular complexity index is 300. The maximum Gasteiger partial charge on any atom is 0.123 e. The number of terminal acetylenes is 1. The summed E-state index contributed by atoms with van der Waals surface area (Å²) in [5.74, 6) is 7.52. The van der Waals surface area contributed by atoms with Crippen LogP contribution in [0.5, 0.6) is 0 Å². The van der Waals surface area contributed by atoms with Crippen molar-refractivity contribution in [2.45, 2.75) is 12.5 Å². The van der Waals surface area contributed by atoms with Crippen LogP contribution in [0.2, 0.25) is 0 Å². The molecular weight excluding hydrogens is 167 g/mol. The highest BCUT2D eigenvalue weighted by atomic mass is 19.1. The lowest BCUT2D eigenvalue weighted by Gasteiger charge is -2.12. The molecule has 0 heterocycles. The van der Waals surface area contributed by atoms with Crippen LogP contribution in [0, 0.1) is 18.2 Å². The topological polar surface area (TPSA) is 38.0 Å². The van der Waals surface area contributed by atoms with E-state index >= 15 is 0 Å². The van der Waals surface area contributed by atoms with Crippen molar-refractivity contribution < 1.29 is 4.39 Å². The lowest BCUT2D eigenvalue weighted by Crippen LogP contribution is -2.27. The Hall–Kier alpha value is -1.37. The second kappa shape index (κ2) is 4.61. The summed E-state index contributed by atoms with van der Waals surface area (Å²) in [5, 5.41) is 0. The highest BCUT2D eigenvalue weighted by molar-refractivity contribution is 5.21. The molecule has 0 saturated carbocycles. The van der Waals surface area contributed by atoms with E-state index in [-0.39, 0.29) is 11.9 Å². The Morgan fingerprint density at radius 2 is 2.08 bits per heavy atom. The normalized spacial score (nSPS) is 12.1. The standard InChI is InChI=1S/C10H11FN2/c1-2-3-10(13-12)8-4-6-9(11)7-5-8/h1,4-7,10,13H,3,12H2. The van der Waals surface area contributed by atoms with Crippen LogP contribution in [-0.4, -0.2) is 0 Å². The van der Waals surface area contributed by atoms with Gasteiger partial charge in [-0.1, -0.05) is 12.1 Å². The third-order valence-electron chi connectivity index (χ3n) is 1.80. The van der Waals surface area contributed by atoms with Crippen LogP contribution in [-0.2, 0) is 0 Å². The van der Waals surface area contributed by atoms with Gasteiger partial charge >= 0.3 is 0 Å². The van der Waals surface area contributed by atoms with Crippen molar-refractivity contribution in [1.82, 2.24) is 5.43 Å². The van der Waals surface area contributed by atoms with Gasteiger partial charge in [0.1, 0.15) is 5.82 Å². The van der Waals surface area contributed by atoms with Gasteiger partial charge in [0.15, 0.2) is 0 Å². The van der Waals surface area contributed by atoms with E-state index in [9.17, 15) is 4.39 Å². The second-order valence-corrected chi connectivity index (χ2v) is 2.68. The fourth-order valence-corrected chi connectivity index (χ4v) is 1.09. The van der Waals surface area contributed by atoms with E-state index in [1.54, 1.807) is 12.1 Å². The van der Waals surface area contributed by atoms with Crippen LogP contribution >= 0.6 is 0 Å². The zero-order valence-corrected chi connectivity index (χ0v) is 7.13. The van der Waals surface area contributed by atoms with Gasteiger partial charge in [-0.15, -0.1) is 12.3 Å². The number of nitrogens with two attached hydrogens (primary N) is 1. The molecule has 0 bridgehead atoms. The first-order valence-corrected chi connectivity index (χ1v) is 3.93. The molecule has 2 nitrogen and oxygen atoms in total. The average molecular weight is 178 g/mol. The van der Waals surface area contributed by atoms with E-state index in [2.05, 4.69) is 11.3 Å². The van der Waals surface area contributed by atoms with Gasteiger partial charge in [-0.3, -0.25) is 11.3 Å². The zero-order chi connectivity index (χ0) is 9.68. The van der Waals surface area contributed by atoms with E-state index in [4.69, 9.17) is 12.3 Å². The third kappa shape index (κ3) is 2.55. The minimum absolute atomic E-state index is 0.106. The highest BCUT2D eigenvalue weighted by Crippen LogP contribution is 2.15. The maximum absolute atomic E-state index is 12.5. The molecular formula is C10H11FN2. The number of nitrogens with one attached hydrogen (secondary N) is 1. The van der Waals surface area contributed by atoms with Crippen LogP contribution in [0.25, 0.3) is 0 Å². The maximum atomic E-state index is 12.5. The van der Waals surface area contributed by atoms with E-state index < -0.39 is 0 Å². The molecule has 68 valence electrons. The minimum Gasteiger partial charge on any atom is -0.271 e. The van der Waals surface area contributed by atoms with Crippen molar-refractivity contribution in [2.24, 2.45) is 5.84 Å². The summed E-state index contributed by atoms with van der Waals surface area (Å²) in [6.07, 6.45) is 5.64. The molecule has 0 aliphatic carbocycles. The summed E-state index contributed by atoms with van der Waals surface area (Å²) in [4.78, 5) is 0. The minimum atomic E-state index is -0.264. The third-order valence-corrected chi connectivity index (χ3v) is 1.80. The highest BCUT2D eigenvalue weighted by Gasteiger charge is 2.06. The van der Waals surface area contributed by atoms with Crippen LogP contribution in [0.1, 0.15) is 18.0 Å². The number of hydrazine groups is 1. The molecule has 1 aromatic carbocycles. The molecule has 0 aliphatic heterocycles. The largest absolute Gasteiger partial charge is 0.271 e. The van der Waals surface area contributed by atoms with Gasteiger partial charge in [-0.05, 0) is 17.7 Å². The summed E-state index contributed by atoms with van der Waals surface area (Å²) in [7, 11) is 0. The monoisotopic (exact) mass is 178 g/mol. The molecule has 0 aliphatic rings. The van der Waals surface area contributed by atoms with Crippen LogP contribution in [0.3, 0.4) is 0 Å². The molecule has 1 aromatic rings. The molecule has 0 radical (unpaired) electrons. The molecule has 0 aromatic heterocycles. The summed E-state index contributed by atoms with van der Waals surface area (Å²) in [6.45, 7) is 0. The average Bonchev–Trinajstić information content (AvgIpc) is 2.16. The van der Waals surface area contributed by atoms with Gasteiger partial charge in [-0.2, -0.15) is 0 Å². The van der Waals surface area contributed by atoms with E-state index in [1.165, 1.54) is 12.1 Å². The number of hydrogen-bond donors (Lipinski definition) is 2. The second-order valence-electron chi connectivity index (χ2n) is 2.68. The summed E-state index contributed by atoms with van der Waals surface area (Å²) in [6, 6.07) is 5.99. The van der Waals surface area contributed by atoms with Crippen molar-refractivity contribution >= 4 is 0 Å². The number of benzene rings is 1. The van der Waals surface area contributed by atoms with Crippen molar-refractivity contribution in [2.75, 3.05) is 0 Å². The first-order valence-electron chi connectivity index (χ1n) is 3.93. The molecule has 3 N–H and O–H groups in total. The van der Waals surface area contributed by atoms with Gasteiger partial charge in [0.05, 0.1) is 6.04 Å². The van der Waals surface area contributed by atoms with Crippen molar-refractivity contribution in [1.29, 1.82) is 0 Å². The van der Waals surface area contributed by atoms with Gasteiger partial charge < -0.3 is 0 Å². The van der Waals surface area contributed by atoms with Crippen molar-refractivity contribution in [3.8, 4) is 12.3 Å². The Kier molecular flexibility index (Phi) is 3.44. The Balaban J connectivity index is 2.80. The molecule has 1 atom stereocenters. The molecule has 0 amide bonds. The first kappa shape index (κ1) is 9.72. The Morgan fingerprint density at radius 3 is 2.54 bits per heavy atom. The van der Waals surface area contributed by atoms with Gasteiger partial charge in [0.2, 0.25) is 0 Å². The summed E-state index contributed by atoms with van der Waals surface area (Å²) >= 11 is 0. The number of halogens is 1. The lowest BCUT2D eigenvalue weighted by molar-refractivity contribution is 0.564. The van der Waals surface area contributed by atoms with Gasteiger partial charge in [-0.25, -0.2) is 4.39 Å². The van der Waals surface area contributed by atoms with Crippen LogP contribution < -0.4 is 11.3 Å². The lowest BCUT2D eigenvalue weighted by atomic mass is 10.1. The zero-order valence-electron chi connectivity index (χ0n) is 7.13. The molecule has 13 heavy (non-hydrogen) atoms. The molecule has 3 heteroatoms. The predicted molar refractivity (Wildman–Crippen MR) is 49.9 cm³/mol. The van der Waals surface area contributed by atoms with Crippen LogP contribution in [0.4, 0.5) is 4.39 Å². The summed E-state index contributed by atoms with van der Waals surface area (Å²) in [5.41, 5.74) is 3.46. The van der Waals surface area contributed by atoms with E-state index in [0.29, 0.717) is 6.42 Å². The van der Waals surface area contributed by atoms with Crippen LogP contribution in [0.15, 0.2) is 24.3 Å². The van der Waals surface area contributed by atoms with E-state index in [1.807, 2.05) is 0 Å². The number of hydrogen-bond acceptors (Lipinski definition) is 2. The molecule has 1 rings (SSSR count). The summed E-state index contributed by atoms with van der Waals surface area (Å²) < 4.78 is 12.5. The molecule has 0 saturated heterocycles. The van der Waals surface area contributed by atoms with Gasteiger partial charge in [0.25, 0.3) is 0 Å². The molecule has 1 unspecified atom stereocenters. The SMILES string of the molecule is C#CCC(NN)c1ccc(F)cc1. The predicted octanol–water partition coefficient (Wildman–Crippen LogP) is 1.35. The van der Waals surface area contributed by atoms with Crippen molar-refractivity contribution in [3.63, 3.8) is 0 Å². The Labute approximate surface area is 76.9 Å². The first-order chi connectivity index (χ1) is 6.27. The molecule has 0 spiro atoms.